The van der Waals surface area contributed by atoms with Gasteiger partial charge in [0, 0.05) is 19.4 Å². The summed E-state index contributed by atoms with van der Waals surface area (Å²) in [4.78, 5) is 19.8. The van der Waals surface area contributed by atoms with Crippen molar-refractivity contribution in [3.05, 3.63) is 63.9 Å². The fourth-order valence-corrected chi connectivity index (χ4v) is 3.10. The van der Waals surface area contributed by atoms with E-state index in [1.54, 1.807) is 6.07 Å². The highest BCUT2D eigenvalue weighted by molar-refractivity contribution is 6.42. The molecule has 4 nitrogen and oxygen atoms in total. The highest BCUT2D eigenvalue weighted by Crippen LogP contribution is 2.26. The highest BCUT2D eigenvalue weighted by atomic mass is 35.5. The molecule has 0 aliphatic rings. The first-order chi connectivity index (χ1) is 12.1. The van der Waals surface area contributed by atoms with Gasteiger partial charge in [-0.05, 0) is 36.6 Å². The van der Waals surface area contributed by atoms with E-state index in [0.29, 0.717) is 29.4 Å². The van der Waals surface area contributed by atoms with E-state index in [4.69, 9.17) is 23.2 Å². The third kappa shape index (κ3) is 4.74. The highest BCUT2D eigenvalue weighted by Gasteiger charge is 2.07. The Bertz CT molecular complexity index is 843. The molecule has 0 spiro atoms. The lowest BCUT2D eigenvalue weighted by atomic mass is 10.1. The van der Waals surface area contributed by atoms with Crippen LogP contribution in [-0.4, -0.2) is 22.4 Å². The van der Waals surface area contributed by atoms with Gasteiger partial charge in [-0.3, -0.25) is 4.79 Å². The van der Waals surface area contributed by atoms with Crippen LogP contribution < -0.4 is 5.32 Å². The summed E-state index contributed by atoms with van der Waals surface area (Å²) in [5.74, 6) is 0.960. The zero-order valence-corrected chi connectivity index (χ0v) is 15.2. The number of aromatic nitrogens is 2. The van der Waals surface area contributed by atoms with Crippen molar-refractivity contribution in [1.82, 2.24) is 15.3 Å². The minimum atomic E-state index is 0.0145. The molecule has 6 heteroatoms. The number of nitrogens with zero attached hydrogens (tertiary/aromatic N) is 1. The Morgan fingerprint density at radius 2 is 1.92 bits per heavy atom. The van der Waals surface area contributed by atoms with Gasteiger partial charge in [-0.25, -0.2) is 4.98 Å². The van der Waals surface area contributed by atoms with Crippen LogP contribution in [0.3, 0.4) is 0 Å². The van der Waals surface area contributed by atoms with Crippen molar-refractivity contribution >= 4 is 40.1 Å². The number of aryl methyl sites for hydroxylation is 2. The third-order valence-corrected chi connectivity index (χ3v) is 4.86. The predicted octanol–water partition coefficient (Wildman–Crippen LogP) is 4.55. The zero-order valence-electron chi connectivity index (χ0n) is 13.7. The number of H-pyrrole nitrogens is 1. The van der Waals surface area contributed by atoms with Gasteiger partial charge in [0.2, 0.25) is 5.91 Å². The SMILES string of the molecule is O=C(CCc1cccc(Cl)c1Cl)NCCCc1nc2ccccc2[nH]1. The molecular weight excluding hydrogens is 357 g/mol. The zero-order chi connectivity index (χ0) is 17.6. The number of nitrogens with one attached hydrogen (secondary N) is 2. The summed E-state index contributed by atoms with van der Waals surface area (Å²) in [7, 11) is 0. The van der Waals surface area contributed by atoms with Gasteiger partial charge in [0.25, 0.3) is 0 Å². The number of carbonyl (C=O) groups is 1. The van der Waals surface area contributed by atoms with Crippen LogP contribution >= 0.6 is 23.2 Å². The lowest BCUT2D eigenvalue weighted by molar-refractivity contribution is -0.121. The van der Waals surface area contributed by atoms with Crippen LogP contribution in [-0.2, 0) is 17.6 Å². The van der Waals surface area contributed by atoms with Crippen LogP contribution in [0.2, 0.25) is 10.0 Å². The van der Waals surface area contributed by atoms with Crippen LogP contribution in [0, 0.1) is 0 Å². The molecule has 0 bridgehead atoms. The molecule has 1 heterocycles. The Labute approximate surface area is 156 Å². The average molecular weight is 376 g/mol. The summed E-state index contributed by atoms with van der Waals surface area (Å²) in [6.07, 6.45) is 2.61. The number of hydrogen-bond donors (Lipinski definition) is 2. The van der Waals surface area contributed by atoms with Crippen LogP contribution in [0.4, 0.5) is 0 Å². The first-order valence-corrected chi connectivity index (χ1v) is 9.02. The first kappa shape index (κ1) is 17.8. The molecule has 3 aromatic rings. The topological polar surface area (TPSA) is 57.8 Å². The predicted molar refractivity (Wildman–Crippen MR) is 102 cm³/mol. The smallest absolute Gasteiger partial charge is 0.220 e. The summed E-state index contributed by atoms with van der Waals surface area (Å²) in [5.41, 5.74) is 2.91. The number of para-hydroxylation sites is 2. The lowest BCUT2D eigenvalue weighted by Crippen LogP contribution is -2.25. The van der Waals surface area contributed by atoms with Crippen molar-refractivity contribution < 1.29 is 4.79 Å². The molecule has 0 atom stereocenters. The molecule has 1 amide bonds. The number of hydrogen-bond acceptors (Lipinski definition) is 2. The molecule has 25 heavy (non-hydrogen) atoms. The molecule has 3 rings (SSSR count). The van der Waals surface area contributed by atoms with Gasteiger partial charge in [-0.15, -0.1) is 0 Å². The minimum Gasteiger partial charge on any atom is -0.356 e. The van der Waals surface area contributed by atoms with E-state index in [1.165, 1.54) is 0 Å². The maximum Gasteiger partial charge on any atom is 0.220 e. The van der Waals surface area contributed by atoms with E-state index in [0.717, 1.165) is 35.3 Å². The van der Waals surface area contributed by atoms with E-state index in [-0.39, 0.29) is 5.91 Å². The van der Waals surface area contributed by atoms with Crippen molar-refractivity contribution in [3.8, 4) is 0 Å². The van der Waals surface area contributed by atoms with E-state index in [9.17, 15) is 4.79 Å². The Morgan fingerprint density at radius 1 is 1.08 bits per heavy atom. The summed E-state index contributed by atoms with van der Waals surface area (Å²) >= 11 is 12.1. The molecule has 130 valence electrons. The molecule has 1 aromatic heterocycles. The third-order valence-electron chi connectivity index (χ3n) is 4.00. The summed E-state index contributed by atoms with van der Waals surface area (Å²) in [6.45, 7) is 0.624. The van der Waals surface area contributed by atoms with Crippen molar-refractivity contribution in [2.24, 2.45) is 0 Å². The quantitative estimate of drug-likeness (QED) is 0.595. The van der Waals surface area contributed by atoms with Crippen molar-refractivity contribution in [1.29, 1.82) is 0 Å². The summed E-state index contributed by atoms with van der Waals surface area (Å²) < 4.78 is 0. The molecule has 2 aromatic carbocycles. The number of fused-ring (bicyclic) bond motifs is 1. The maximum atomic E-state index is 12.0. The number of halogens is 2. The van der Waals surface area contributed by atoms with Gasteiger partial charge in [0.15, 0.2) is 0 Å². The molecule has 0 unspecified atom stereocenters. The molecule has 0 aliphatic heterocycles. The first-order valence-electron chi connectivity index (χ1n) is 8.26. The van der Waals surface area contributed by atoms with E-state index < -0.39 is 0 Å². The number of carbonyl (C=O) groups excluding carboxylic acids is 1. The Kier molecular flexibility index (Phi) is 5.95. The van der Waals surface area contributed by atoms with Gasteiger partial charge >= 0.3 is 0 Å². The fraction of sp³-hybridized carbons (Fsp3) is 0.263. The van der Waals surface area contributed by atoms with E-state index >= 15 is 0 Å². The number of aromatic amines is 1. The molecule has 0 saturated carbocycles. The number of benzene rings is 2. The van der Waals surface area contributed by atoms with Crippen molar-refractivity contribution in [2.45, 2.75) is 25.7 Å². The normalized spacial score (nSPS) is 11.0. The largest absolute Gasteiger partial charge is 0.356 e. The Balaban J connectivity index is 1.40. The maximum absolute atomic E-state index is 12.0. The minimum absolute atomic E-state index is 0.0145. The Hall–Kier alpha value is -2.04. The molecule has 0 radical (unpaired) electrons. The molecule has 0 aliphatic carbocycles. The van der Waals surface area contributed by atoms with Crippen molar-refractivity contribution in [2.75, 3.05) is 6.54 Å². The van der Waals surface area contributed by atoms with Crippen molar-refractivity contribution in [3.63, 3.8) is 0 Å². The lowest BCUT2D eigenvalue weighted by Gasteiger charge is -2.07. The van der Waals surface area contributed by atoms with E-state index in [2.05, 4.69) is 15.3 Å². The monoisotopic (exact) mass is 375 g/mol. The van der Waals surface area contributed by atoms with Gasteiger partial charge in [0.05, 0.1) is 21.1 Å². The number of imidazole rings is 1. The van der Waals surface area contributed by atoms with Crippen LogP contribution in [0.25, 0.3) is 11.0 Å². The molecule has 0 fully saturated rings. The molecular formula is C19H19Cl2N3O. The van der Waals surface area contributed by atoms with Gasteiger partial charge in [0.1, 0.15) is 5.82 Å². The fourth-order valence-electron chi connectivity index (χ4n) is 2.69. The summed E-state index contributed by atoms with van der Waals surface area (Å²) in [6, 6.07) is 13.4. The molecule has 0 saturated heterocycles. The second-order valence-corrected chi connectivity index (χ2v) is 6.65. The van der Waals surface area contributed by atoms with E-state index in [1.807, 2.05) is 36.4 Å². The van der Waals surface area contributed by atoms with Gasteiger partial charge in [-0.1, -0.05) is 47.5 Å². The van der Waals surface area contributed by atoms with Gasteiger partial charge in [-0.2, -0.15) is 0 Å². The second kappa shape index (κ2) is 8.37. The van der Waals surface area contributed by atoms with Crippen LogP contribution in [0.1, 0.15) is 24.2 Å². The number of rotatable bonds is 7. The average Bonchev–Trinajstić information content (AvgIpc) is 3.03. The summed E-state index contributed by atoms with van der Waals surface area (Å²) in [5, 5.41) is 3.98. The van der Waals surface area contributed by atoms with Crippen LogP contribution in [0.15, 0.2) is 42.5 Å². The van der Waals surface area contributed by atoms with Gasteiger partial charge < -0.3 is 10.3 Å². The van der Waals surface area contributed by atoms with Crippen LogP contribution in [0.5, 0.6) is 0 Å². The standard InChI is InChI=1S/C19H19Cl2N3O/c20-14-6-3-5-13(19(14)21)10-11-18(25)22-12-4-9-17-23-15-7-1-2-8-16(15)24-17/h1-3,5-8H,4,9-12H2,(H,22,25)(H,23,24). The number of amides is 1. The Morgan fingerprint density at radius 3 is 2.76 bits per heavy atom. The second-order valence-electron chi connectivity index (χ2n) is 5.87. The molecule has 2 N–H and O–H groups in total.